The van der Waals surface area contributed by atoms with Gasteiger partial charge < -0.3 is 19.7 Å². The van der Waals surface area contributed by atoms with Crippen molar-refractivity contribution in [2.75, 3.05) is 25.2 Å². The number of amides is 1. The molecule has 0 aliphatic carbocycles. The molecular formula is C26H32N2O3. The number of hydrogen-bond donors (Lipinski definition) is 1. The third-order valence-corrected chi connectivity index (χ3v) is 6.59. The fraction of sp³-hybridized carbons (Fsp3) is 0.423. The average Bonchev–Trinajstić information content (AvgIpc) is 3.17. The zero-order chi connectivity index (χ0) is 22.2. The van der Waals surface area contributed by atoms with Crippen molar-refractivity contribution in [1.82, 2.24) is 5.32 Å². The van der Waals surface area contributed by atoms with Gasteiger partial charge in [0.25, 0.3) is 0 Å². The van der Waals surface area contributed by atoms with Crippen LogP contribution in [0, 0.1) is 6.92 Å². The van der Waals surface area contributed by atoms with Crippen molar-refractivity contribution in [2.45, 2.75) is 51.6 Å². The number of anilines is 1. The van der Waals surface area contributed by atoms with E-state index in [4.69, 9.17) is 9.47 Å². The molecule has 1 N–H and O–H groups in total. The first-order valence-corrected chi connectivity index (χ1v) is 11.0. The summed E-state index contributed by atoms with van der Waals surface area (Å²) in [6.45, 7) is 9.69. The highest BCUT2D eigenvalue weighted by atomic mass is 16.5. The van der Waals surface area contributed by atoms with E-state index in [0.717, 1.165) is 29.8 Å². The summed E-state index contributed by atoms with van der Waals surface area (Å²) in [4.78, 5) is 14.7. The molecule has 4 rings (SSSR count). The Kier molecular flexibility index (Phi) is 5.46. The van der Waals surface area contributed by atoms with E-state index in [0.29, 0.717) is 18.9 Å². The lowest BCUT2D eigenvalue weighted by Crippen LogP contribution is -2.58. The van der Waals surface area contributed by atoms with Crippen molar-refractivity contribution in [3.8, 4) is 11.5 Å². The molecule has 0 aromatic heterocycles. The molecule has 1 amide bonds. The molecule has 5 nitrogen and oxygen atoms in total. The normalized spacial score (nSPS) is 21.2. The lowest BCUT2D eigenvalue weighted by Gasteiger charge is -2.40. The molecule has 0 radical (unpaired) electrons. The van der Waals surface area contributed by atoms with Crippen LogP contribution in [-0.4, -0.2) is 31.8 Å². The monoisotopic (exact) mass is 420 g/mol. The molecule has 31 heavy (non-hydrogen) atoms. The Labute approximate surface area is 185 Å². The molecule has 2 aliphatic heterocycles. The number of benzene rings is 2. The molecule has 1 atom stereocenters. The summed E-state index contributed by atoms with van der Waals surface area (Å²) in [6, 6.07) is 12.4. The van der Waals surface area contributed by atoms with Crippen LogP contribution in [-0.2, 0) is 10.2 Å². The first-order valence-electron chi connectivity index (χ1n) is 11.0. The summed E-state index contributed by atoms with van der Waals surface area (Å²) < 4.78 is 11.4. The number of hydrogen-bond acceptors (Lipinski definition) is 4. The zero-order valence-electron chi connectivity index (χ0n) is 19.1. The Hall–Kier alpha value is -2.95. The summed E-state index contributed by atoms with van der Waals surface area (Å²) in [7, 11) is 1.66. The van der Waals surface area contributed by atoms with Gasteiger partial charge in [0.2, 0.25) is 5.91 Å². The molecule has 0 unspecified atom stereocenters. The number of methoxy groups -OCH3 is 1. The van der Waals surface area contributed by atoms with Gasteiger partial charge in [0.15, 0.2) is 11.5 Å². The third kappa shape index (κ3) is 3.46. The maximum Gasteiger partial charge on any atom is 0.241 e. The molecule has 5 heteroatoms. The largest absolute Gasteiger partial charge is 0.493 e. The van der Waals surface area contributed by atoms with Gasteiger partial charge in [-0.15, -0.1) is 0 Å². The molecule has 2 heterocycles. The quantitative estimate of drug-likeness (QED) is 0.653. The number of carbonyl (C=O) groups is 1. The number of fused-ring (bicyclic) bond motifs is 3. The van der Waals surface area contributed by atoms with Crippen LogP contribution >= 0.6 is 0 Å². The van der Waals surface area contributed by atoms with Gasteiger partial charge in [-0.25, -0.2) is 0 Å². The summed E-state index contributed by atoms with van der Waals surface area (Å²) in [6.07, 6.45) is 6.29. The van der Waals surface area contributed by atoms with Gasteiger partial charge in [-0.2, -0.15) is 0 Å². The van der Waals surface area contributed by atoms with Crippen molar-refractivity contribution in [3.05, 3.63) is 59.2 Å². The first kappa shape index (κ1) is 21.3. The Morgan fingerprint density at radius 1 is 1.16 bits per heavy atom. The van der Waals surface area contributed by atoms with E-state index < -0.39 is 5.66 Å². The average molecular weight is 421 g/mol. The molecule has 0 saturated carbocycles. The van der Waals surface area contributed by atoms with E-state index in [1.807, 2.05) is 18.2 Å². The van der Waals surface area contributed by atoms with Gasteiger partial charge in [-0.05, 0) is 48.7 Å². The maximum absolute atomic E-state index is 12.5. The molecule has 2 aromatic carbocycles. The van der Waals surface area contributed by atoms with Crippen molar-refractivity contribution >= 4 is 17.7 Å². The Morgan fingerprint density at radius 3 is 2.71 bits per heavy atom. The van der Waals surface area contributed by atoms with Crippen LogP contribution in [0.5, 0.6) is 11.5 Å². The molecular weight excluding hydrogens is 388 g/mol. The SMILES string of the molecule is CCCCOc1ccc(/C=C/[C@]23NC(=O)CN2c2ccc(C)cc2C3(C)C)cc1OC. The molecule has 2 aromatic rings. The Bertz CT molecular complexity index is 1030. The lowest BCUT2D eigenvalue weighted by atomic mass is 9.75. The van der Waals surface area contributed by atoms with Crippen LogP contribution in [0.4, 0.5) is 5.69 Å². The zero-order valence-corrected chi connectivity index (χ0v) is 19.1. The molecule has 2 aliphatic rings. The van der Waals surface area contributed by atoms with Crippen molar-refractivity contribution in [2.24, 2.45) is 0 Å². The molecule has 1 saturated heterocycles. The predicted octanol–water partition coefficient (Wildman–Crippen LogP) is 4.82. The summed E-state index contributed by atoms with van der Waals surface area (Å²) >= 11 is 0. The van der Waals surface area contributed by atoms with Crippen LogP contribution in [0.3, 0.4) is 0 Å². The summed E-state index contributed by atoms with van der Waals surface area (Å²) in [5.74, 6) is 1.51. The van der Waals surface area contributed by atoms with Crippen LogP contribution in [0.25, 0.3) is 6.08 Å². The molecule has 0 spiro atoms. The molecule has 0 bridgehead atoms. The van der Waals surface area contributed by atoms with Crippen molar-refractivity contribution in [1.29, 1.82) is 0 Å². The smallest absolute Gasteiger partial charge is 0.241 e. The minimum Gasteiger partial charge on any atom is -0.493 e. The lowest BCUT2D eigenvalue weighted by molar-refractivity contribution is -0.118. The second kappa shape index (κ2) is 7.95. The molecule has 164 valence electrons. The van der Waals surface area contributed by atoms with Gasteiger partial charge in [0.1, 0.15) is 5.66 Å². The summed E-state index contributed by atoms with van der Waals surface area (Å²) in [5, 5.41) is 3.27. The van der Waals surface area contributed by atoms with Gasteiger partial charge in [-0.3, -0.25) is 4.79 Å². The highest BCUT2D eigenvalue weighted by Gasteiger charge is 2.59. The number of nitrogens with zero attached hydrogens (tertiary/aromatic N) is 1. The number of aryl methyl sites for hydroxylation is 1. The fourth-order valence-electron chi connectivity index (χ4n) is 4.74. The topological polar surface area (TPSA) is 50.8 Å². The number of nitrogens with one attached hydrogen (secondary N) is 1. The predicted molar refractivity (Wildman–Crippen MR) is 125 cm³/mol. The highest BCUT2D eigenvalue weighted by molar-refractivity contribution is 5.91. The summed E-state index contributed by atoms with van der Waals surface area (Å²) in [5.41, 5.74) is 3.71. The van der Waals surface area contributed by atoms with E-state index >= 15 is 0 Å². The Balaban J connectivity index is 1.68. The highest BCUT2D eigenvalue weighted by Crippen LogP contribution is 2.53. The Morgan fingerprint density at radius 2 is 1.97 bits per heavy atom. The van der Waals surface area contributed by atoms with Crippen LogP contribution in [0.2, 0.25) is 0 Å². The second-order valence-corrected chi connectivity index (χ2v) is 8.99. The van der Waals surface area contributed by atoms with Gasteiger partial charge in [-0.1, -0.05) is 57.0 Å². The minimum absolute atomic E-state index is 0.0428. The maximum atomic E-state index is 12.5. The second-order valence-electron chi connectivity index (χ2n) is 8.99. The van der Waals surface area contributed by atoms with Crippen LogP contribution in [0.1, 0.15) is 50.3 Å². The fourth-order valence-corrected chi connectivity index (χ4v) is 4.74. The first-order chi connectivity index (χ1) is 14.8. The van der Waals surface area contributed by atoms with Gasteiger partial charge in [0, 0.05) is 11.1 Å². The number of ether oxygens (including phenoxy) is 2. The van der Waals surface area contributed by atoms with E-state index in [9.17, 15) is 4.79 Å². The van der Waals surface area contributed by atoms with E-state index in [-0.39, 0.29) is 11.3 Å². The van der Waals surface area contributed by atoms with E-state index in [2.05, 4.69) is 68.3 Å². The van der Waals surface area contributed by atoms with Crippen molar-refractivity contribution in [3.63, 3.8) is 0 Å². The minimum atomic E-state index is -0.607. The number of rotatable bonds is 7. The van der Waals surface area contributed by atoms with Crippen LogP contribution < -0.4 is 19.7 Å². The number of carbonyl (C=O) groups excluding carboxylic acids is 1. The van der Waals surface area contributed by atoms with Crippen molar-refractivity contribution < 1.29 is 14.3 Å². The van der Waals surface area contributed by atoms with Crippen LogP contribution in [0.15, 0.2) is 42.5 Å². The number of unbranched alkanes of at least 4 members (excludes halogenated alkanes) is 1. The van der Waals surface area contributed by atoms with E-state index in [1.165, 1.54) is 11.1 Å². The van der Waals surface area contributed by atoms with Gasteiger partial charge in [0.05, 0.1) is 20.3 Å². The molecule has 1 fully saturated rings. The van der Waals surface area contributed by atoms with Gasteiger partial charge >= 0.3 is 0 Å². The standard InChI is InChI=1S/C26H32N2O3/c1-6-7-14-31-22-11-9-19(16-23(22)30-5)12-13-26-25(3,4)20-15-18(2)8-10-21(20)28(26)17-24(29)27-26/h8-13,15-16H,6-7,14,17H2,1-5H3,(H,27,29)/b13-12+/t26-/m0/s1. The third-order valence-electron chi connectivity index (χ3n) is 6.59. The van der Waals surface area contributed by atoms with E-state index in [1.54, 1.807) is 7.11 Å².